The van der Waals surface area contributed by atoms with Gasteiger partial charge in [-0.15, -0.1) is 0 Å². The number of carbonyl (C=O) groups is 1. The summed E-state index contributed by atoms with van der Waals surface area (Å²) in [5.74, 6) is -0.811. The molecule has 2 heteroatoms. The van der Waals surface area contributed by atoms with Gasteiger partial charge in [0.1, 0.15) is 0 Å². The van der Waals surface area contributed by atoms with Crippen molar-refractivity contribution >= 4 is 5.97 Å². The molecule has 0 spiro atoms. The Balaban J connectivity index is 3.93. The molecule has 0 radical (unpaired) electrons. The zero-order valence-corrected chi connectivity index (χ0v) is 7.97. The van der Waals surface area contributed by atoms with Gasteiger partial charge in [0, 0.05) is 6.08 Å². The standard InChI is InChI=1S/C10H18O2/c1-3-5-7-9(6-4-2)8-10(11)12/h8H,3-7H2,1-2H3,(H,11,12)/b9-8+. The van der Waals surface area contributed by atoms with E-state index in [1.807, 2.05) is 0 Å². The molecule has 0 aliphatic carbocycles. The van der Waals surface area contributed by atoms with Crippen molar-refractivity contribution in [2.75, 3.05) is 0 Å². The van der Waals surface area contributed by atoms with Crippen LogP contribution >= 0.6 is 0 Å². The van der Waals surface area contributed by atoms with Crippen molar-refractivity contribution in [2.45, 2.75) is 46.0 Å². The molecule has 12 heavy (non-hydrogen) atoms. The fraction of sp³-hybridized carbons (Fsp3) is 0.700. The lowest BCUT2D eigenvalue weighted by atomic mass is 10.0. The average molecular weight is 170 g/mol. The zero-order valence-electron chi connectivity index (χ0n) is 7.97. The summed E-state index contributed by atoms with van der Waals surface area (Å²) in [6.07, 6.45) is 6.48. The molecule has 2 nitrogen and oxygen atoms in total. The zero-order chi connectivity index (χ0) is 9.40. The van der Waals surface area contributed by atoms with Crippen LogP contribution in [0.25, 0.3) is 0 Å². The van der Waals surface area contributed by atoms with Gasteiger partial charge in [-0.05, 0) is 19.3 Å². The van der Waals surface area contributed by atoms with E-state index in [2.05, 4.69) is 13.8 Å². The molecule has 0 amide bonds. The second kappa shape index (κ2) is 6.89. The van der Waals surface area contributed by atoms with Crippen LogP contribution in [0.4, 0.5) is 0 Å². The molecule has 0 aliphatic heterocycles. The normalized spacial score (nSPS) is 11.7. The van der Waals surface area contributed by atoms with E-state index in [0.717, 1.165) is 37.7 Å². The maximum absolute atomic E-state index is 10.4. The highest BCUT2D eigenvalue weighted by Gasteiger charge is 1.98. The Hall–Kier alpha value is -0.790. The van der Waals surface area contributed by atoms with E-state index in [9.17, 15) is 4.79 Å². The van der Waals surface area contributed by atoms with Crippen molar-refractivity contribution in [3.63, 3.8) is 0 Å². The number of rotatable bonds is 6. The molecule has 0 aromatic rings. The summed E-state index contributed by atoms with van der Waals surface area (Å²) < 4.78 is 0. The summed E-state index contributed by atoms with van der Waals surface area (Å²) in [6, 6.07) is 0. The molecule has 0 bridgehead atoms. The Bertz CT molecular complexity index is 159. The van der Waals surface area contributed by atoms with Crippen LogP contribution in [0.3, 0.4) is 0 Å². The van der Waals surface area contributed by atoms with E-state index in [1.165, 1.54) is 6.08 Å². The van der Waals surface area contributed by atoms with E-state index >= 15 is 0 Å². The molecular weight excluding hydrogens is 152 g/mol. The quantitative estimate of drug-likeness (QED) is 0.622. The van der Waals surface area contributed by atoms with Crippen LogP contribution in [0.15, 0.2) is 11.6 Å². The third-order valence-electron chi connectivity index (χ3n) is 1.75. The van der Waals surface area contributed by atoms with Gasteiger partial charge < -0.3 is 5.11 Å². The van der Waals surface area contributed by atoms with Gasteiger partial charge in [0.15, 0.2) is 0 Å². The molecule has 0 unspecified atom stereocenters. The van der Waals surface area contributed by atoms with Crippen LogP contribution in [0.1, 0.15) is 46.0 Å². The minimum atomic E-state index is -0.811. The summed E-state index contributed by atoms with van der Waals surface area (Å²) in [5, 5.41) is 8.53. The molecule has 0 fully saturated rings. The Morgan fingerprint density at radius 2 is 1.92 bits per heavy atom. The minimum absolute atomic E-state index is 0.811. The predicted octanol–water partition coefficient (Wildman–Crippen LogP) is 2.99. The summed E-state index contributed by atoms with van der Waals surface area (Å²) in [5.41, 5.74) is 1.08. The molecule has 0 saturated carbocycles. The van der Waals surface area contributed by atoms with Crippen molar-refractivity contribution in [1.82, 2.24) is 0 Å². The Labute approximate surface area is 74.3 Å². The first-order valence-corrected chi connectivity index (χ1v) is 4.63. The van der Waals surface area contributed by atoms with Gasteiger partial charge in [-0.2, -0.15) is 0 Å². The summed E-state index contributed by atoms with van der Waals surface area (Å²) in [6.45, 7) is 4.19. The predicted molar refractivity (Wildman–Crippen MR) is 50.2 cm³/mol. The summed E-state index contributed by atoms with van der Waals surface area (Å²) in [4.78, 5) is 10.4. The summed E-state index contributed by atoms with van der Waals surface area (Å²) >= 11 is 0. The van der Waals surface area contributed by atoms with Crippen LogP contribution in [0, 0.1) is 0 Å². The fourth-order valence-corrected chi connectivity index (χ4v) is 1.17. The van der Waals surface area contributed by atoms with Crippen LogP contribution in [-0.2, 0) is 4.79 Å². The molecule has 0 aromatic carbocycles. The van der Waals surface area contributed by atoms with Crippen molar-refractivity contribution in [3.8, 4) is 0 Å². The van der Waals surface area contributed by atoms with Gasteiger partial charge in [0.25, 0.3) is 0 Å². The van der Waals surface area contributed by atoms with E-state index in [0.29, 0.717) is 0 Å². The van der Waals surface area contributed by atoms with Crippen molar-refractivity contribution in [1.29, 1.82) is 0 Å². The fourth-order valence-electron chi connectivity index (χ4n) is 1.17. The van der Waals surface area contributed by atoms with Gasteiger partial charge in [-0.1, -0.05) is 32.3 Å². The van der Waals surface area contributed by atoms with Gasteiger partial charge in [-0.3, -0.25) is 0 Å². The molecule has 70 valence electrons. The highest BCUT2D eigenvalue weighted by atomic mass is 16.4. The summed E-state index contributed by atoms with van der Waals surface area (Å²) in [7, 11) is 0. The molecule has 0 aliphatic rings. The maximum atomic E-state index is 10.4. The largest absolute Gasteiger partial charge is 0.478 e. The average Bonchev–Trinajstić information content (AvgIpc) is 2.00. The van der Waals surface area contributed by atoms with Crippen molar-refractivity contribution in [2.24, 2.45) is 0 Å². The molecule has 0 rings (SSSR count). The monoisotopic (exact) mass is 170 g/mol. The lowest BCUT2D eigenvalue weighted by molar-refractivity contribution is -0.131. The van der Waals surface area contributed by atoms with Gasteiger partial charge in [-0.25, -0.2) is 4.79 Å². The molecule has 0 aromatic heterocycles. The number of hydrogen-bond donors (Lipinski definition) is 1. The maximum Gasteiger partial charge on any atom is 0.328 e. The van der Waals surface area contributed by atoms with Crippen molar-refractivity contribution in [3.05, 3.63) is 11.6 Å². The second-order valence-corrected chi connectivity index (χ2v) is 2.99. The minimum Gasteiger partial charge on any atom is -0.478 e. The van der Waals surface area contributed by atoms with Gasteiger partial charge in [0.2, 0.25) is 0 Å². The van der Waals surface area contributed by atoms with Crippen LogP contribution in [0.2, 0.25) is 0 Å². The smallest absolute Gasteiger partial charge is 0.328 e. The first-order valence-electron chi connectivity index (χ1n) is 4.63. The molecule has 0 atom stereocenters. The van der Waals surface area contributed by atoms with Gasteiger partial charge in [0.05, 0.1) is 0 Å². The van der Waals surface area contributed by atoms with Crippen molar-refractivity contribution < 1.29 is 9.90 Å². The van der Waals surface area contributed by atoms with E-state index in [4.69, 9.17) is 5.11 Å². The highest BCUT2D eigenvalue weighted by Crippen LogP contribution is 2.12. The van der Waals surface area contributed by atoms with E-state index in [1.54, 1.807) is 0 Å². The number of carboxylic acid groups (broad SMARTS) is 1. The molecule has 0 heterocycles. The molecule has 1 N–H and O–H groups in total. The lowest BCUT2D eigenvalue weighted by Gasteiger charge is -2.02. The molecular formula is C10H18O2. The third-order valence-corrected chi connectivity index (χ3v) is 1.75. The third kappa shape index (κ3) is 5.96. The Kier molecular flexibility index (Phi) is 6.44. The number of aliphatic carboxylic acids is 1. The van der Waals surface area contributed by atoms with Crippen LogP contribution in [-0.4, -0.2) is 11.1 Å². The first kappa shape index (κ1) is 11.2. The number of hydrogen-bond acceptors (Lipinski definition) is 1. The highest BCUT2D eigenvalue weighted by molar-refractivity contribution is 5.80. The second-order valence-electron chi connectivity index (χ2n) is 2.99. The number of allylic oxidation sites excluding steroid dienone is 1. The number of unbranched alkanes of at least 4 members (excludes halogenated alkanes) is 1. The molecule has 0 saturated heterocycles. The van der Waals surface area contributed by atoms with Crippen LogP contribution in [0.5, 0.6) is 0 Å². The SMILES string of the molecule is CCCC/C(=C/C(=O)O)CCC. The van der Waals surface area contributed by atoms with E-state index < -0.39 is 5.97 Å². The lowest BCUT2D eigenvalue weighted by Crippen LogP contribution is -1.93. The Morgan fingerprint density at radius 1 is 1.25 bits per heavy atom. The number of carboxylic acids is 1. The van der Waals surface area contributed by atoms with E-state index in [-0.39, 0.29) is 0 Å². The Morgan fingerprint density at radius 3 is 2.33 bits per heavy atom. The van der Waals surface area contributed by atoms with Gasteiger partial charge >= 0.3 is 5.97 Å². The first-order chi connectivity index (χ1) is 5.70. The topological polar surface area (TPSA) is 37.3 Å². The van der Waals surface area contributed by atoms with Crippen LogP contribution < -0.4 is 0 Å².